The summed E-state index contributed by atoms with van der Waals surface area (Å²) in [6.07, 6.45) is 19.3. The van der Waals surface area contributed by atoms with Crippen LogP contribution in [0.25, 0.3) is 0 Å². The molecule has 2 nitrogen and oxygen atoms in total. The van der Waals surface area contributed by atoms with Gasteiger partial charge in [0.15, 0.2) is 0 Å². The van der Waals surface area contributed by atoms with Gasteiger partial charge in [-0.15, -0.1) is 0 Å². The van der Waals surface area contributed by atoms with Gasteiger partial charge in [-0.3, -0.25) is 0 Å². The Hall–Kier alpha value is -1.54. The van der Waals surface area contributed by atoms with Crippen LogP contribution in [0, 0.1) is 11.8 Å². The van der Waals surface area contributed by atoms with E-state index in [0.29, 0.717) is 23.9 Å². The molecule has 2 heteroatoms. The van der Waals surface area contributed by atoms with Gasteiger partial charge in [0.2, 0.25) is 0 Å². The predicted octanol–water partition coefficient (Wildman–Crippen LogP) is 2.36. The van der Waals surface area contributed by atoms with Crippen LogP contribution in [0.3, 0.4) is 0 Å². The molecule has 0 amide bonds. The number of hydrogen-bond acceptors (Lipinski definition) is 2. The summed E-state index contributed by atoms with van der Waals surface area (Å²) in [5, 5.41) is 3.74. The molecule has 2 heterocycles. The van der Waals surface area contributed by atoms with Gasteiger partial charge in [0, 0.05) is 42.9 Å². The topological polar surface area (TPSA) is 15.3 Å². The van der Waals surface area contributed by atoms with Gasteiger partial charge in [-0.05, 0) is 18.1 Å². The molecule has 1 saturated heterocycles. The Morgan fingerprint density at radius 1 is 1.17 bits per heavy atom. The molecule has 0 aromatic heterocycles. The number of nitrogens with one attached hydrogen (secondary N) is 1. The van der Waals surface area contributed by atoms with Crippen molar-refractivity contribution in [3.63, 3.8) is 0 Å². The SMILES string of the molecule is CN1C=CCC2=C1C=CC1NC3C=CC=CC3C21. The van der Waals surface area contributed by atoms with Crippen molar-refractivity contribution in [1.29, 1.82) is 0 Å². The molecule has 0 saturated carbocycles. The fourth-order valence-corrected chi connectivity index (χ4v) is 3.80. The Kier molecular flexibility index (Phi) is 2.15. The first-order valence-corrected chi connectivity index (χ1v) is 6.76. The van der Waals surface area contributed by atoms with Crippen molar-refractivity contribution in [2.75, 3.05) is 7.05 Å². The van der Waals surface area contributed by atoms with Crippen LogP contribution in [-0.4, -0.2) is 24.0 Å². The maximum atomic E-state index is 3.74. The van der Waals surface area contributed by atoms with Gasteiger partial charge in [0.1, 0.15) is 0 Å². The number of likely N-dealkylation sites (N-methyl/N-ethyl adjacent to an activating group) is 1. The van der Waals surface area contributed by atoms with Crippen LogP contribution in [-0.2, 0) is 0 Å². The van der Waals surface area contributed by atoms with Gasteiger partial charge >= 0.3 is 0 Å². The molecule has 0 spiro atoms. The van der Waals surface area contributed by atoms with Crippen molar-refractivity contribution in [3.8, 4) is 0 Å². The summed E-state index contributed by atoms with van der Waals surface area (Å²) >= 11 is 0. The fraction of sp³-hybridized carbons (Fsp3) is 0.375. The lowest BCUT2D eigenvalue weighted by molar-refractivity contribution is 0.450. The Balaban J connectivity index is 1.77. The fourth-order valence-electron chi connectivity index (χ4n) is 3.80. The molecule has 4 rings (SSSR count). The molecule has 92 valence electrons. The second-order valence-corrected chi connectivity index (χ2v) is 5.56. The minimum absolute atomic E-state index is 0.506. The van der Waals surface area contributed by atoms with Crippen LogP contribution in [0.1, 0.15) is 6.42 Å². The summed E-state index contributed by atoms with van der Waals surface area (Å²) in [4.78, 5) is 2.25. The molecular weight excluding hydrogens is 220 g/mol. The van der Waals surface area contributed by atoms with Gasteiger partial charge in [-0.2, -0.15) is 0 Å². The molecule has 2 aliphatic carbocycles. The number of allylic oxidation sites excluding steroid dienone is 4. The van der Waals surface area contributed by atoms with Gasteiger partial charge < -0.3 is 10.2 Å². The standard InChI is InChI=1S/C16H18N2/c1-18-10-4-6-12-15(18)9-8-14-16(12)11-5-2-3-7-13(11)17-14/h2-5,7-11,13-14,16-17H,6H2,1H3. The van der Waals surface area contributed by atoms with E-state index in [1.54, 1.807) is 5.57 Å². The van der Waals surface area contributed by atoms with Crippen LogP contribution in [0.15, 0.2) is 60.0 Å². The van der Waals surface area contributed by atoms with E-state index in [1.807, 2.05) is 0 Å². The summed E-state index contributed by atoms with van der Waals surface area (Å²) < 4.78 is 0. The zero-order valence-corrected chi connectivity index (χ0v) is 10.6. The average Bonchev–Trinajstić information content (AvgIpc) is 2.77. The minimum atomic E-state index is 0.506. The molecule has 4 unspecified atom stereocenters. The van der Waals surface area contributed by atoms with Crippen LogP contribution < -0.4 is 5.32 Å². The molecule has 18 heavy (non-hydrogen) atoms. The van der Waals surface area contributed by atoms with Crippen molar-refractivity contribution in [1.82, 2.24) is 10.2 Å². The lowest BCUT2D eigenvalue weighted by atomic mass is 9.75. The molecular formula is C16H18N2. The summed E-state index contributed by atoms with van der Waals surface area (Å²) in [5.74, 6) is 1.25. The number of fused-ring (bicyclic) bond motifs is 4. The Labute approximate surface area is 108 Å². The highest BCUT2D eigenvalue weighted by Crippen LogP contribution is 2.43. The van der Waals surface area contributed by atoms with Crippen molar-refractivity contribution in [2.24, 2.45) is 11.8 Å². The zero-order chi connectivity index (χ0) is 12.1. The highest BCUT2D eigenvalue weighted by Gasteiger charge is 2.44. The van der Waals surface area contributed by atoms with Crippen molar-refractivity contribution >= 4 is 0 Å². The maximum Gasteiger partial charge on any atom is 0.0399 e. The summed E-state index contributed by atoms with van der Waals surface area (Å²) in [7, 11) is 2.14. The van der Waals surface area contributed by atoms with Crippen LogP contribution in [0.2, 0.25) is 0 Å². The third-order valence-corrected chi connectivity index (χ3v) is 4.60. The average molecular weight is 238 g/mol. The molecule has 4 aliphatic rings. The Morgan fingerprint density at radius 2 is 2.06 bits per heavy atom. The molecule has 0 radical (unpaired) electrons. The number of nitrogens with zero attached hydrogens (tertiary/aromatic N) is 1. The minimum Gasteiger partial charge on any atom is -0.351 e. The van der Waals surface area contributed by atoms with Gasteiger partial charge in [0.05, 0.1) is 0 Å². The first kappa shape index (κ1) is 10.4. The summed E-state index contributed by atoms with van der Waals surface area (Å²) in [6.45, 7) is 0. The first-order chi connectivity index (χ1) is 8.84. The molecule has 0 aromatic rings. The molecule has 4 atom stereocenters. The van der Waals surface area contributed by atoms with E-state index in [0.717, 1.165) is 6.42 Å². The highest BCUT2D eigenvalue weighted by molar-refractivity contribution is 5.42. The van der Waals surface area contributed by atoms with Gasteiger partial charge in [-0.25, -0.2) is 0 Å². The molecule has 2 aliphatic heterocycles. The molecule has 1 fully saturated rings. The molecule has 0 aromatic carbocycles. The van der Waals surface area contributed by atoms with Crippen molar-refractivity contribution < 1.29 is 0 Å². The van der Waals surface area contributed by atoms with E-state index in [1.165, 1.54) is 5.70 Å². The van der Waals surface area contributed by atoms with Crippen LogP contribution in [0.4, 0.5) is 0 Å². The van der Waals surface area contributed by atoms with Crippen LogP contribution in [0.5, 0.6) is 0 Å². The number of hydrogen-bond donors (Lipinski definition) is 1. The second kappa shape index (κ2) is 3.72. The third kappa shape index (κ3) is 1.33. The van der Waals surface area contributed by atoms with E-state index in [2.05, 4.69) is 66.0 Å². The Morgan fingerprint density at radius 3 is 3.00 bits per heavy atom. The van der Waals surface area contributed by atoms with E-state index >= 15 is 0 Å². The lowest BCUT2D eigenvalue weighted by Gasteiger charge is -2.34. The van der Waals surface area contributed by atoms with Gasteiger partial charge in [-0.1, -0.05) is 36.5 Å². The normalized spacial score (nSPS) is 39.9. The smallest absolute Gasteiger partial charge is 0.0399 e. The van der Waals surface area contributed by atoms with E-state index < -0.39 is 0 Å². The Bertz CT molecular complexity index is 521. The van der Waals surface area contributed by atoms with Gasteiger partial charge in [0.25, 0.3) is 0 Å². The number of rotatable bonds is 0. The third-order valence-electron chi connectivity index (χ3n) is 4.60. The maximum absolute atomic E-state index is 3.74. The molecule has 0 bridgehead atoms. The lowest BCUT2D eigenvalue weighted by Crippen LogP contribution is -2.33. The second-order valence-electron chi connectivity index (χ2n) is 5.56. The van der Waals surface area contributed by atoms with Crippen LogP contribution >= 0.6 is 0 Å². The molecule has 1 N–H and O–H groups in total. The summed E-state index contributed by atoms with van der Waals surface area (Å²) in [6, 6.07) is 1.02. The summed E-state index contributed by atoms with van der Waals surface area (Å²) in [5.41, 5.74) is 3.01. The van der Waals surface area contributed by atoms with E-state index in [4.69, 9.17) is 0 Å². The predicted molar refractivity (Wildman–Crippen MR) is 73.7 cm³/mol. The monoisotopic (exact) mass is 238 g/mol. The van der Waals surface area contributed by atoms with E-state index in [-0.39, 0.29) is 0 Å². The quantitative estimate of drug-likeness (QED) is 0.697. The van der Waals surface area contributed by atoms with Crippen molar-refractivity contribution in [2.45, 2.75) is 18.5 Å². The largest absolute Gasteiger partial charge is 0.351 e. The van der Waals surface area contributed by atoms with E-state index in [9.17, 15) is 0 Å². The first-order valence-electron chi connectivity index (χ1n) is 6.76. The zero-order valence-electron chi connectivity index (χ0n) is 10.6. The van der Waals surface area contributed by atoms with Crippen molar-refractivity contribution in [3.05, 3.63) is 60.0 Å². The highest BCUT2D eigenvalue weighted by atomic mass is 15.1.